The lowest BCUT2D eigenvalue weighted by atomic mass is 9.98. The summed E-state index contributed by atoms with van der Waals surface area (Å²) in [6, 6.07) is 6.05. The van der Waals surface area contributed by atoms with E-state index in [4.69, 9.17) is 4.74 Å². The van der Waals surface area contributed by atoms with E-state index in [9.17, 15) is 0 Å². The van der Waals surface area contributed by atoms with Gasteiger partial charge in [-0.1, -0.05) is 25.3 Å². The molecule has 0 spiro atoms. The third-order valence-corrected chi connectivity index (χ3v) is 3.42. The molecule has 0 bridgehead atoms. The largest absolute Gasteiger partial charge is 0.378 e. The van der Waals surface area contributed by atoms with Crippen molar-refractivity contribution in [2.24, 2.45) is 0 Å². The molecule has 1 fully saturated rings. The van der Waals surface area contributed by atoms with Crippen LogP contribution >= 0.6 is 0 Å². The Bertz CT molecular complexity index is 348. The van der Waals surface area contributed by atoms with Crippen molar-refractivity contribution in [1.82, 2.24) is 4.98 Å². The molecule has 1 heterocycles. The Morgan fingerprint density at radius 3 is 2.89 bits per heavy atom. The number of nitrogens with zero attached hydrogens (tertiary/aromatic N) is 1. The van der Waals surface area contributed by atoms with Gasteiger partial charge in [-0.05, 0) is 38.3 Å². The van der Waals surface area contributed by atoms with E-state index in [1.165, 1.54) is 32.1 Å². The van der Waals surface area contributed by atoms with Gasteiger partial charge >= 0.3 is 0 Å². The highest BCUT2D eigenvalue weighted by molar-refractivity contribution is 5.34. The van der Waals surface area contributed by atoms with Crippen molar-refractivity contribution in [2.75, 3.05) is 18.5 Å². The van der Waals surface area contributed by atoms with Crippen molar-refractivity contribution in [2.45, 2.75) is 51.6 Å². The first-order valence-corrected chi connectivity index (χ1v) is 7.14. The van der Waals surface area contributed by atoms with Gasteiger partial charge in [0.15, 0.2) is 0 Å². The SMILES string of the molecule is Cc1cccc(NCCCOC2CCCCC2)n1. The lowest BCUT2D eigenvalue weighted by Gasteiger charge is -2.21. The normalized spacial score (nSPS) is 16.7. The molecule has 2 rings (SSSR count). The van der Waals surface area contributed by atoms with Crippen molar-refractivity contribution in [3.05, 3.63) is 23.9 Å². The average molecular weight is 248 g/mol. The maximum absolute atomic E-state index is 5.88. The van der Waals surface area contributed by atoms with E-state index in [0.29, 0.717) is 6.10 Å². The van der Waals surface area contributed by atoms with Crippen molar-refractivity contribution in [1.29, 1.82) is 0 Å². The monoisotopic (exact) mass is 248 g/mol. The molecular formula is C15H24N2O. The predicted octanol–water partition coefficient (Wildman–Crippen LogP) is 3.54. The first-order chi connectivity index (χ1) is 8.84. The van der Waals surface area contributed by atoms with Gasteiger partial charge < -0.3 is 10.1 Å². The van der Waals surface area contributed by atoms with Crippen LogP contribution in [0.1, 0.15) is 44.2 Å². The maximum Gasteiger partial charge on any atom is 0.126 e. The Morgan fingerprint density at radius 1 is 1.28 bits per heavy atom. The van der Waals surface area contributed by atoms with E-state index in [2.05, 4.69) is 10.3 Å². The Labute approximate surface area is 110 Å². The summed E-state index contributed by atoms with van der Waals surface area (Å²) in [7, 11) is 0. The van der Waals surface area contributed by atoms with E-state index in [0.717, 1.165) is 31.1 Å². The standard InChI is InChI=1S/C15H24N2O/c1-13-7-5-10-15(17-13)16-11-6-12-18-14-8-3-2-4-9-14/h5,7,10,14H,2-4,6,8-9,11-12H2,1H3,(H,16,17). The van der Waals surface area contributed by atoms with Crippen LogP contribution in [0.4, 0.5) is 5.82 Å². The highest BCUT2D eigenvalue weighted by Gasteiger charge is 2.12. The molecule has 0 unspecified atom stereocenters. The number of aryl methyl sites for hydroxylation is 1. The van der Waals surface area contributed by atoms with Crippen molar-refractivity contribution in [3.63, 3.8) is 0 Å². The highest BCUT2D eigenvalue weighted by Crippen LogP contribution is 2.20. The fourth-order valence-corrected chi connectivity index (χ4v) is 2.41. The zero-order chi connectivity index (χ0) is 12.6. The van der Waals surface area contributed by atoms with Crippen LogP contribution in [-0.4, -0.2) is 24.2 Å². The molecule has 0 amide bonds. The van der Waals surface area contributed by atoms with Gasteiger partial charge in [0, 0.05) is 18.8 Å². The molecule has 1 N–H and O–H groups in total. The molecule has 1 saturated carbocycles. The summed E-state index contributed by atoms with van der Waals surface area (Å²) in [6.45, 7) is 3.81. The molecule has 0 radical (unpaired) electrons. The van der Waals surface area contributed by atoms with Crippen molar-refractivity contribution >= 4 is 5.82 Å². The minimum Gasteiger partial charge on any atom is -0.378 e. The number of rotatable bonds is 6. The Morgan fingerprint density at radius 2 is 2.11 bits per heavy atom. The fraction of sp³-hybridized carbons (Fsp3) is 0.667. The molecular weight excluding hydrogens is 224 g/mol. The highest BCUT2D eigenvalue weighted by atomic mass is 16.5. The van der Waals surface area contributed by atoms with Gasteiger partial charge in [-0.25, -0.2) is 4.98 Å². The Balaban J connectivity index is 1.55. The van der Waals surface area contributed by atoms with Gasteiger partial charge in [0.05, 0.1) is 6.10 Å². The quantitative estimate of drug-likeness (QED) is 0.782. The molecule has 3 heteroatoms. The summed E-state index contributed by atoms with van der Waals surface area (Å²) in [4.78, 5) is 4.41. The van der Waals surface area contributed by atoms with Crippen LogP contribution in [0.2, 0.25) is 0 Å². The Kier molecular flexibility index (Phi) is 5.46. The summed E-state index contributed by atoms with van der Waals surface area (Å²) in [5, 5.41) is 3.33. The molecule has 0 atom stereocenters. The van der Waals surface area contributed by atoms with E-state index in [1.807, 2.05) is 25.1 Å². The average Bonchev–Trinajstić information content (AvgIpc) is 2.40. The molecule has 0 aromatic carbocycles. The van der Waals surface area contributed by atoms with Crippen molar-refractivity contribution < 1.29 is 4.74 Å². The van der Waals surface area contributed by atoms with Gasteiger partial charge in [0.1, 0.15) is 5.82 Å². The number of ether oxygens (including phenoxy) is 1. The molecule has 1 aromatic heterocycles. The summed E-state index contributed by atoms with van der Waals surface area (Å²) >= 11 is 0. The lowest BCUT2D eigenvalue weighted by molar-refractivity contribution is 0.0284. The van der Waals surface area contributed by atoms with Gasteiger partial charge in [0.25, 0.3) is 0 Å². The second-order valence-electron chi connectivity index (χ2n) is 5.08. The number of pyridine rings is 1. The third kappa shape index (κ3) is 4.65. The molecule has 1 aliphatic carbocycles. The summed E-state index contributed by atoms with van der Waals surface area (Å²) in [5.41, 5.74) is 1.05. The molecule has 18 heavy (non-hydrogen) atoms. The molecule has 0 aliphatic heterocycles. The predicted molar refractivity (Wildman–Crippen MR) is 74.9 cm³/mol. The van der Waals surface area contributed by atoms with Gasteiger partial charge in [0.2, 0.25) is 0 Å². The van der Waals surface area contributed by atoms with E-state index in [-0.39, 0.29) is 0 Å². The number of hydrogen-bond acceptors (Lipinski definition) is 3. The molecule has 1 aliphatic rings. The number of aromatic nitrogens is 1. The van der Waals surface area contributed by atoms with Crippen molar-refractivity contribution in [3.8, 4) is 0 Å². The fourth-order valence-electron chi connectivity index (χ4n) is 2.41. The van der Waals surface area contributed by atoms with Crippen LogP contribution in [0, 0.1) is 6.92 Å². The minimum atomic E-state index is 0.524. The van der Waals surface area contributed by atoms with Gasteiger partial charge in [-0.2, -0.15) is 0 Å². The summed E-state index contributed by atoms with van der Waals surface area (Å²) in [5.74, 6) is 0.965. The molecule has 0 saturated heterocycles. The van der Waals surface area contributed by atoms with Crippen LogP contribution in [0.5, 0.6) is 0 Å². The van der Waals surface area contributed by atoms with Crippen LogP contribution in [0.15, 0.2) is 18.2 Å². The molecule has 1 aromatic rings. The second-order valence-corrected chi connectivity index (χ2v) is 5.08. The maximum atomic E-state index is 5.88. The number of anilines is 1. The minimum absolute atomic E-state index is 0.524. The van der Waals surface area contributed by atoms with Crippen LogP contribution < -0.4 is 5.32 Å². The van der Waals surface area contributed by atoms with Crippen LogP contribution in [-0.2, 0) is 4.74 Å². The zero-order valence-corrected chi connectivity index (χ0v) is 11.3. The molecule has 100 valence electrons. The van der Waals surface area contributed by atoms with E-state index in [1.54, 1.807) is 0 Å². The zero-order valence-electron chi connectivity index (χ0n) is 11.3. The lowest BCUT2D eigenvalue weighted by Crippen LogP contribution is -2.18. The van der Waals surface area contributed by atoms with E-state index < -0.39 is 0 Å². The number of nitrogens with one attached hydrogen (secondary N) is 1. The smallest absolute Gasteiger partial charge is 0.126 e. The van der Waals surface area contributed by atoms with Crippen LogP contribution in [0.25, 0.3) is 0 Å². The summed E-state index contributed by atoms with van der Waals surface area (Å²) < 4.78 is 5.88. The Hall–Kier alpha value is -1.09. The third-order valence-electron chi connectivity index (χ3n) is 3.42. The number of hydrogen-bond donors (Lipinski definition) is 1. The van der Waals surface area contributed by atoms with Gasteiger partial charge in [-0.3, -0.25) is 0 Å². The summed E-state index contributed by atoms with van der Waals surface area (Å²) in [6.07, 6.45) is 8.16. The topological polar surface area (TPSA) is 34.1 Å². The molecule has 3 nitrogen and oxygen atoms in total. The van der Waals surface area contributed by atoms with Gasteiger partial charge in [-0.15, -0.1) is 0 Å². The second kappa shape index (κ2) is 7.37. The first-order valence-electron chi connectivity index (χ1n) is 7.14. The van der Waals surface area contributed by atoms with E-state index >= 15 is 0 Å². The first kappa shape index (κ1) is 13.3. The van der Waals surface area contributed by atoms with Crippen LogP contribution in [0.3, 0.4) is 0 Å².